The van der Waals surface area contributed by atoms with Crippen molar-refractivity contribution in [2.24, 2.45) is 0 Å². The van der Waals surface area contributed by atoms with E-state index in [-0.39, 0.29) is 27.1 Å². The van der Waals surface area contributed by atoms with Gasteiger partial charge in [-0.15, -0.1) is 11.3 Å². The maximum Gasteiger partial charge on any atom is 0.281 e. The number of hydrazine groups is 1. The van der Waals surface area contributed by atoms with Gasteiger partial charge in [0, 0.05) is 44.1 Å². The number of hydrogen-bond donors (Lipinski definition) is 3. The first-order valence-corrected chi connectivity index (χ1v) is 11.4. The lowest BCUT2D eigenvalue weighted by molar-refractivity contribution is -0.384. The molecule has 0 saturated heterocycles. The van der Waals surface area contributed by atoms with Gasteiger partial charge in [0.25, 0.3) is 23.4 Å². The third-order valence-electron chi connectivity index (χ3n) is 4.83. The third kappa shape index (κ3) is 5.40. The smallest absolute Gasteiger partial charge is 0.281 e. The van der Waals surface area contributed by atoms with Crippen LogP contribution < -0.4 is 16.2 Å². The van der Waals surface area contributed by atoms with Gasteiger partial charge in [-0.25, -0.2) is 0 Å². The van der Waals surface area contributed by atoms with Crippen LogP contribution in [0.4, 0.5) is 11.4 Å². The standard InChI is InChI=1S/C23H14Cl2N4O5S/c24-14-5-1-12(2-6-14)21(30)26-15-7-3-13(4-8-15)22(31)27-28-23(32)20-19(25)17-10-9-16(29(33)34)11-18(17)35-20/h1-11H,(H,26,30)(H,27,31)(H,28,32). The van der Waals surface area contributed by atoms with Gasteiger partial charge in [-0.1, -0.05) is 23.2 Å². The van der Waals surface area contributed by atoms with Crippen molar-refractivity contribution in [3.63, 3.8) is 0 Å². The van der Waals surface area contributed by atoms with E-state index in [0.717, 1.165) is 11.3 Å². The largest absolute Gasteiger partial charge is 0.322 e. The van der Waals surface area contributed by atoms with Gasteiger partial charge in [-0.3, -0.25) is 35.3 Å². The van der Waals surface area contributed by atoms with Crippen molar-refractivity contribution >= 4 is 73.7 Å². The summed E-state index contributed by atoms with van der Waals surface area (Å²) >= 11 is 13.0. The molecule has 176 valence electrons. The first kappa shape index (κ1) is 24.1. The monoisotopic (exact) mass is 528 g/mol. The van der Waals surface area contributed by atoms with Crippen LogP contribution in [0.1, 0.15) is 30.4 Å². The summed E-state index contributed by atoms with van der Waals surface area (Å²) in [6.07, 6.45) is 0. The summed E-state index contributed by atoms with van der Waals surface area (Å²) in [6, 6.07) is 16.5. The van der Waals surface area contributed by atoms with E-state index in [2.05, 4.69) is 16.2 Å². The van der Waals surface area contributed by atoms with Crippen molar-refractivity contribution < 1.29 is 19.3 Å². The van der Waals surface area contributed by atoms with E-state index in [1.54, 1.807) is 36.4 Å². The number of non-ortho nitro benzene ring substituents is 1. The number of anilines is 1. The number of nitro groups is 1. The second-order valence-corrected chi connectivity index (χ2v) is 9.00. The van der Waals surface area contributed by atoms with E-state index >= 15 is 0 Å². The molecular weight excluding hydrogens is 515 g/mol. The number of thiophene rings is 1. The van der Waals surface area contributed by atoms with Gasteiger partial charge in [-0.2, -0.15) is 0 Å². The molecule has 9 nitrogen and oxygen atoms in total. The molecule has 4 rings (SSSR count). The first-order valence-electron chi connectivity index (χ1n) is 9.87. The minimum atomic E-state index is -0.668. The third-order valence-corrected chi connectivity index (χ3v) is 6.74. The van der Waals surface area contributed by atoms with Crippen LogP contribution in [-0.4, -0.2) is 22.6 Å². The van der Waals surface area contributed by atoms with Crippen molar-refractivity contribution in [2.75, 3.05) is 5.32 Å². The number of nitrogens with one attached hydrogen (secondary N) is 3. The molecule has 0 aliphatic rings. The number of halogens is 2. The average Bonchev–Trinajstić information content (AvgIpc) is 3.19. The summed E-state index contributed by atoms with van der Waals surface area (Å²) < 4.78 is 0.469. The molecule has 0 spiro atoms. The Hall–Kier alpha value is -3.99. The van der Waals surface area contributed by atoms with E-state index in [0.29, 0.717) is 26.4 Å². The second-order valence-electron chi connectivity index (χ2n) is 7.13. The maximum absolute atomic E-state index is 12.5. The zero-order valence-corrected chi connectivity index (χ0v) is 19.8. The number of carbonyl (C=O) groups excluding carboxylic acids is 3. The predicted molar refractivity (Wildman–Crippen MR) is 134 cm³/mol. The van der Waals surface area contributed by atoms with Gasteiger partial charge >= 0.3 is 0 Å². The molecule has 0 aliphatic heterocycles. The molecule has 0 fully saturated rings. The van der Waals surface area contributed by atoms with Crippen LogP contribution in [0.15, 0.2) is 66.7 Å². The Morgan fingerprint density at radius 2 is 1.40 bits per heavy atom. The highest BCUT2D eigenvalue weighted by Gasteiger charge is 2.20. The van der Waals surface area contributed by atoms with Gasteiger partial charge in [0.2, 0.25) is 0 Å². The van der Waals surface area contributed by atoms with Crippen LogP contribution in [0.25, 0.3) is 10.1 Å². The number of rotatable bonds is 5. The number of fused-ring (bicyclic) bond motifs is 1. The summed E-state index contributed by atoms with van der Waals surface area (Å²) in [5, 5.41) is 14.8. The molecule has 3 amide bonds. The van der Waals surface area contributed by atoms with Gasteiger partial charge < -0.3 is 5.32 Å². The molecule has 12 heteroatoms. The Morgan fingerprint density at radius 3 is 2.06 bits per heavy atom. The summed E-state index contributed by atoms with van der Waals surface area (Å²) in [5.41, 5.74) is 5.57. The molecule has 4 aromatic rings. The molecular formula is C23H14Cl2N4O5S. The highest BCUT2D eigenvalue weighted by molar-refractivity contribution is 7.21. The normalized spacial score (nSPS) is 10.6. The van der Waals surface area contributed by atoms with Crippen LogP contribution >= 0.6 is 34.5 Å². The number of hydrogen-bond acceptors (Lipinski definition) is 6. The maximum atomic E-state index is 12.5. The van der Waals surface area contributed by atoms with Crippen LogP contribution in [0.2, 0.25) is 10.0 Å². The number of carbonyl (C=O) groups is 3. The molecule has 3 N–H and O–H groups in total. The van der Waals surface area contributed by atoms with Crippen LogP contribution in [-0.2, 0) is 0 Å². The summed E-state index contributed by atoms with van der Waals surface area (Å²) in [5.74, 6) is -1.60. The van der Waals surface area contributed by atoms with Gasteiger partial charge in [-0.05, 0) is 54.6 Å². The van der Waals surface area contributed by atoms with Crippen LogP contribution in [0.5, 0.6) is 0 Å². The van der Waals surface area contributed by atoms with Gasteiger partial charge in [0.15, 0.2) is 0 Å². The van der Waals surface area contributed by atoms with Crippen molar-refractivity contribution in [3.05, 3.63) is 103 Å². The molecule has 3 aromatic carbocycles. The SMILES string of the molecule is O=C(NNC(=O)c1sc2cc([N+](=O)[O-])ccc2c1Cl)c1ccc(NC(=O)c2ccc(Cl)cc2)cc1. The predicted octanol–water partition coefficient (Wildman–Crippen LogP) is 5.44. The Bertz CT molecular complexity index is 1470. The molecule has 1 aromatic heterocycles. The highest BCUT2D eigenvalue weighted by atomic mass is 35.5. The Balaban J connectivity index is 1.38. The molecule has 0 bridgehead atoms. The van der Waals surface area contributed by atoms with E-state index in [1.165, 1.54) is 30.3 Å². The number of amides is 3. The summed E-state index contributed by atoms with van der Waals surface area (Å²) in [6.45, 7) is 0. The van der Waals surface area contributed by atoms with Gasteiger partial charge in [0.05, 0.1) is 9.95 Å². The molecule has 0 saturated carbocycles. The second kappa shape index (κ2) is 10.1. The molecule has 0 aliphatic carbocycles. The molecule has 0 unspecified atom stereocenters. The lowest BCUT2D eigenvalue weighted by Crippen LogP contribution is -2.41. The topological polar surface area (TPSA) is 130 Å². The molecule has 1 heterocycles. The van der Waals surface area contributed by atoms with Gasteiger partial charge in [0.1, 0.15) is 4.88 Å². The van der Waals surface area contributed by atoms with Crippen molar-refractivity contribution in [1.82, 2.24) is 10.9 Å². The van der Waals surface area contributed by atoms with Crippen LogP contribution in [0, 0.1) is 10.1 Å². The average molecular weight is 529 g/mol. The quantitative estimate of drug-likeness (QED) is 0.234. The number of nitro benzene ring substituents is 1. The fraction of sp³-hybridized carbons (Fsp3) is 0. The number of nitrogens with zero attached hydrogens (tertiary/aromatic N) is 1. The van der Waals surface area contributed by atoms with Crippen molar-refractivity contribution in [2.45, 2.75) is 0 Å². The van der Waals surface area contributed by atoms with E-state index < -0.39 is 16.7 Å². The molecule has 0 atom stereocenters. The zero-order chi connectivity index (χ0) is 25.1. The molecule has 0 radical (unpaired) electrons. The first-order chi connectivity index (χ1) is 16.7. The highest BCUT2D eigenvalue weighted by Crippen LogP contribution is 2.37. The minimum Gasteiger partial charge on any atom is -0.322 e. The lowest BCUT2D eigenvalue weighted by Gasteiger charge is -2.08. The summed E-state index contributed by atoms with van der Waals surface area (Å²) in [4.78, 5) is 47.7. The lowest BCUT2D eigenvalue weighted by atomic mass is 10.1. The minimum absolute atomic E-state index is 0.0997. The van der Waals surface area contributed by atoms with Crippen molar-refractivity contribution in [1.29, 1.82) is 0 Å². The van der Waals surface area contributed by atoms with E-state index in [4.69, 9.17) is 23.2 Å². The Morgan fingerprint density at radius 1 is 0.800 bits per heavy atom. The number of benzene rings is 3. The van der Waals surface area contributed by atoms with Crippen molar-refractivity contribution in [3.8, 4) is 0 Å². The Kier molecular flexibility index (Phi) is 6.97. The van der Waals surface area contributed by atoms with Crippen LogP contribution in [0.3, 0.4) is 0 Å². The van der Waals surface area contributed by atoms with E-state index in [1.807, 2.05) is 0 Å². The van der Waals surface area contributed by atoms with E-state index in [9.17, 15) is 24.5 Å². The zero-order valence-electron chi connectivity index (χ0n) is 17.5. The molecule has 35 heavy (non-hydrogen) atoms. The fourth-order valence-electron chi connectivity index (χ4n) is 3.07. The summed E-state index contributed by atoms with van der Waals surface area (Å²) in [7, 11) is 0. The fourth-order valence-corrected chi connectivity index (χ4v) is 4.64. The Labute approximate surface area is 211 Å².